The average Bonchev–Trinajstić information content (AvgIpc) is 2.37. The highest BCUT2D eigenvalue weighted by atomic mass is 16.4. The summed E-state index contributed by atoms with van der Waals surface area (Å²) in [5, 5.41) is 9.70. The summed E-state index contributed by atoms with van der Waals surface area (Å²) >= 11 is 0. The second kappa shape index (κ2) is 3.73. The summed E-state index contributed by atoms with van der Waals surface area (Å²) in [5.41, 5.74) is 1.50. The molecule has 1 aromatic heterocycles. The van der Waals surface area contributed by atoms with Gasteiger partial charge in [-0.05, 0) is 12.1 Å². The summed E-state index contributed by atoms with van der Waals surface area (Å²) in [4.78, 5) is 30.9. The molecule has 1 aromatic carbocycles. The van der Waals surface area contributed by atoms with E-state index in [1.807, 2.05) is 24.3 Å². The number of pyridine rings is 1. The van der Waals surface area contributed by atoms with Gasteiger partial charge in [0.15, 0.2) is 0 Å². The van der Waals surface area contributed by atoms with Crippen LogP contribution in [0.15, 0.2) is 35.3 Å². The molecule has 2 aromatic rings. The van der Waals surface area contributed by atoms with Gasteiger partial charge in [-0.25, -0.2) is 9.78 Å². The fraction of sp³-hybridized carbons (Fsp3) is 0.0769. The Kier molecular flexibility index (Phi) is 2.19. The fourth-order valence-electron chi connectivity index (χ4n) is 1.96. The zero-order chi connectivity index (χ0) is 12.7. The molecule has 2 heterocycles. The number of aromatic nitrogens is 1. The Morgan fingerprint density at radius 1 is 1.28 bits per heavy atom. The van der Waals surface area contributed by atoms with Crippen molar-refractivity contribution >= 4 is 28.9 Å². The Hall–Kier alpha value is -2.56. The Morgan fingerprint density at radius 2 is 2.06 bits per heavy atom. The molecule has 0 saturated carbocycles. The van der Waals surface area contributed by atoms with E-state index in [9.17, 15) is 9.59 Å². The summed E-state index contributed by atoms with van der Waals surface area (Å²) in [7, 11) is 0. The molecule has 0 radical (unpaired) electrons. The van der Waals surface area contributed by atoms with E-state index in [1.165, 1.54) is 6.21 Å². The lowest BCUT2D eigenvalue weighted by molar-refractivity contribution is -0.137. The van der Waals surface area contributed by atoms with Gasteiger partial charge in [-0.1, -0.05) is 18.2 Å². The molecule has 1 aliphatic rings. The number of hydrogen-bond donors (Lipinski definition) is 1. The summed E-state index contributed by atoms with van der Waals surface area (Å²) in [6, 6.07) is 7.67. The number of carbonyl (C=O) groups is 2. The normalized spacial score (nSPS) is 17.8. The first-order chi connectivity index (χ1) is 8.66. The van der Waals surface area contributed by atoms with Gasteiger partial charge in [0.2, 0.25) is 11.8 Å². The molecule has 5 heteroatoms. The molecule has 0 spiro atoms. The molecule has 0 amide bonds. The molecule has 88 valence electrons. The summed E-state index contributed by atoms with van der Waals surface area (Å²) in [5.74, 6) is -1.76. The molecule has 1 atom stereocenters. The topological polar surface area (TPSA) is 79.6 Å². The van der Waals surface area contributed by atoms with Crippen molar-refractivity contribution in [2.75, 3.05) is 0 Å². The number of nitrogens with zero attached hydrogens (tertiary/aromatic N) is 2. The number of para-hydroxylation sites is 1. The molecule has 0 fully saturated rings. The van der Waals surface area contributed by atoms with Crippen LogP contribution in [0, 0.1) is 0 Å². The number of carboxylic acids is 1. The van der Waals surface area contributed by atoms with Crippen molar-refractivity contribution in [2.24, 2.45) is 4.99 Å². The summed E-state index contributed by atoms with van der Waals surface area (Å²) in [6.45, 7) is 0. The van der Waals surface area contributed by atoms with Crippen LogP contribution in [0.5, 0.6) is 0 Å². The quantitative estimate of drug-likeness (QED) is 0.762. The van der Waals surface area contributed by atoms with Gasteiger partial charge in [-0.2, -0.15) is 0 Å². The van der Waals surface area contributed by atoms with Crippen molar-refractivity contribution in [2.45, 2.75) is 6.04 Å². The predicted octanol–water partition coefficient (Wildman–Crippen LogP) is 1.30. The molecular formula is C13H8N2O3. The minimum absolute atomic E-state index is 0.316. The maximum atomic E-state index is 12.0. The van der Waals surface area contributed by atoms with Crippen LogP contribution < -0.4 is 0 Å². The number of Topliss-reactive ketones (excluding diaryl/α,β-unsaturated/α-hetero) is 1. The molecule has 1 unspecified atom stereocenters. The first kappa shape index (κ1) is 10.6. The number of ketones is 1. The molecular weight excluding hydrogens is 232 g/mol. The van der Waals surface area contributed by atoms with E-state index in [0.717, 1.165) is 10.9 Å². The highest BCUT2D eigenvalue weighted by Gasteiger charge is 2.31. The number of benzene rings is 1. The van der Waals surface area contributed by atoms with Gasteiger partial charge in [0.1, 0.15) is 0 Å². The van der Waals surface area contributed by atoms with E-state index < -0.39 is 17.8 Å². The van der Waals surface area contributed by atoms with Gasteiger partial charge in [-0.3, -0.25) is 9.79 Å². The molecule has 1 N–H and O–H groups in total. The third-order valence-electron chi connectivity index (χ3n) is 2.85. The van der Waals surface area contributed by atoms with Crippen molar-refractivity contribution in [1.82, 2.24) is 4.98 Å². The van der Waals surface area contributed by atoms with Crippen LogP contribution in [-0.4, -0.2) is 34.1 Å². The van der Waals surface area contributed by atoms with E-state index in [0.29, 0.717) is 11.3 Å². The van der Waals surface area contributed by atoms with E-state index in [1.54, 1.807) is 6.07 Å². The molecule has 0 bridgehead atoms. The van der Waals surface area contributed by atoms with E-state index in [4.69, 9.17) is 5.11 Å². The molecule has 3 rings (SSSR count). The van der Waals surface area contributed by atoms with Crippen LogP contribution in [0.4, 0.5) is 0 Å². The molecule has 0 saturated heterocycles. The second-order valence-corrected chi connectivity index (χ2v) is 4.00. The third-order valence-corrected chi connectivity index (χ3v) is 2.85. The number of hydrogen-bond acceptors (Lipinski definition) is 4. The predicted molar refractivity (Wildman–Crippen MR) is 65.1 cm³/mol. The third kappa shape index (κ3) is 1.48. The van der Waals surface area contributed by atoms with Crippen LogP contribution in [-0.2, 0) is 4.79 Å². The molecule has 0 aliphatic carbocycles. The van der Waals surface area contributed by atoms with Crippen LogP contribution in [0.2, 0.25) is 0 Å². The monoisotopic (exact) mass is 240 g/mol. The first-order valence-corrected chi connectivity index (χ1v) is 5.37. The summed E-state index contributed by atoms with van der Waals surface area (Å²) in [6.07, 6.45) is 1.35. The van der Waals surface area contributed by atoms with Crippen LogP contribution >= 0.6 is 0 Å². The van der Waals surface area contributed by atoms with Gasteiger partial charge in [-0.15, -0.1) is 0 Å². The number of fused-ring (bicyclic) bond motifs is 2. The smallest absolute Gasteiger partial charge is 0.336 e. The lowest BCUT2D eigenvalue weighted by Gasteiger charge is -2.14. The lowest BCUT2D eigenvalue weighted by Crippen LogP contribution is -2.32. The van der Waals surface area contributed by atoms with E-state index in [-0.39, 0.29) is 0 Å². The average molecular weight is 240 g/mol. The number of rotatable bonds is 1. The largest absolute Gasteiger partial charge is 0.479 e. The minimum atomic E-state index is -1.35. The van der Waals surface area contributed by atoms with Gasteiger partial charge in [0, 0.05) is 17.2 Å². The van der Waals surface area contributed by atoms with Gasteiger partial charge in [0.05, 0.1) is 11.2 Å². The van der Waals surface area contributed by atoms with E-state index in [2.05, 4.69) is 9.98 Å². The van der Waals surface area contributed by atoms with Crippen LogP contribution in [0.1, 0.15) is 16.1 Å². The highest BCUT2D eigenvalue weighted by molar-refractivity contribution is 6.18. The van der Waals surface area contributed by atoms with Crippen molar-refractivity contribution in [1.29, 1.82) is 0 Å². The van der Waals surface area contributed by atoms with Gasteiger partial charge >= 0.3 is 5.97 Å². The maximum absolute atomic E-state index is 12.0. The molecule has 18 heavy (non-hydrogen) atoms. The van der Waals surface area contributed by atoms with Crippen molar-refractivity contribution in [3.8, 4) is 0 Å². The zero-order valence-electron chi connectivity index (χ0n) is 9.20. The zero-order valence-corrected chi connectivity index (χ0v) is 9.20. The SMILES string of the molecule is O=C(O)C1N=Cc2nc3ccccc3cc2C1=O. The standard InChI is InChI=1S/C13H8N2O3/c16-12-8-5-7-3-1-2-4-9(7)15-10(8)6-14-11(12)13(17)18/h1-6,11H,(H,17,18). The van der Waals surface area contributed by atoms with Gasteiger partial charge < -0.3 is 5.11 Å². The van der Waals surface area contributed by atoms with Gasteiger partial charge in [0.25, 0.3) is 0 Å². The minimum Gasteiger partial charge on any atom is -0.479 e. The Balaban J connectivity index is 2.23. The van der Waals surface area contributed by atoms with E-state index >= 15 is 0 Å². The molecule has 5 nitrogen and oxygen atoms in total. The lowest BCUT2D eigenvalue weighted by atomic mass is 9.98. The first-order valence-electron chi connectivity index (χ1n) is 5.37. The number of aliphatic imine (C=N–C) groups is 1. The highest BCUT2D eigenvalue weighted by Crippen LogP contribution is 2.20. The number of aliphatic carboxylic acids is 1. The van der Waals surface area contributed by atoms with Crippen LogP contribution in [0.25, 0.3) is 10.9 Å². The van der Waals surface area contributed by atoms with Crippen LogP contribution in [0.3, 0.4) is 0 Å². The Morgan fingerprint density at radius 3 is 2.83 bits per heavy atom. The van der Waals surface area contributed by atoms with Crippen molar-refractivity contribution in [3.05, 3.63) is 41.6 Å². The fourth-order valence-corrected chi connectivity index (χ4v) is 1.96. The number of carbonyl (C=O) groups excluding carboxylic acids is 1. The molecule has 1 aliphatic heterocycles. The van der Waals surface area contributed by atoms with Crippen molar-refractivity contribution < 1.29 is 14.7 Å². The maximum Gasteiger partial charge on any atom is 0.336 e. The number of carboxylic acid groups (broad SMARTS) is 1. The Labute approximate surface area is 102 Å². The second-order valence-electron chi connectivity index (χ2n) is 4.00. The summed E-state index contributed by atoms with van der Waals surface area (Å²) < 4.78 is 0. The van der Waals surface area contributed by atoms with Crippen molar-refractivity contribution in [3.63, 3.8) is 0 Å². The Bertz CT molecular complexity index is 706.